The van der Waals surface area contributed by atoms with Gasteiger partial charge < -0.3 is 19.9 Å². The second-order valence-electron chi connectivity index (χ2n) is 7.70. The smallest absolute Gasteiger partial charge is 0.280 e. The lowest BCUT2D eigenvalue weighted by Crippen LogP contribution is -2.60. The average molecular weight is 393 g/mol. The first kappa shape index (κ1) is 19.3. The van der Waals surface area contributed by atoms with Crippen molar-refractivity contribution in [3.8, 4) is 5.75 Å². The summed E-state index contributed by atoms with van der Waals surface area (Å²) >= 11 is 0. The van der Waals surface area contributed by atoms with E-state index >= 15 is 0 Å². The highest BCUT2D eigenvalue weighted by atomic mass is 16.5. The minimum atomic E-state index is -1.62. The van der Waals surface area contributed by atoms with Crippen LogP contribution >= 0.6 is 0 Å². The van der Waals surface area contributed by atoms with Gasteiger partial charge in [0.05, 0.1) is 5.69 Å². The van der Waals surface area contributed by atoms with Crippen molar-refractivity contribution < 1.29 is 14.3 Å². The molecule has 2 aromatic carbocycles. The number of para-hydroxylation sites is 2. The fourth-order valence-electron chi connectivity index (χ4n) is 4.01. The van der Waals surface area contributed by atoms with Gasteiger partial charge in [0.25, 0.3) is 17.4 Å². The van der Waals surface area contributed by atoms with E-state index in [1.807, 2.05) is 49.4 Å². The first-order valence-electron chi connectivity index (χ1n) is 10.3. The summed E-state index contributed by atoms with van der Waals surface area (Å²) in [5.41, 5.74) is 0.882. The number of rotatable bonds is 4. The molecule has 1 N–H and O–H groups in total. The summed E-state index contributed by atoms with van der Waals surface area (Å²) in [5.74, 6) is -0.297. The fourth-order valence-corrected chi connectivity index (χ4v) is 4.01. The number of piperidine rings is 1. The number of carbonyl (C=O) groups is 2. The van der Waals surface area contributed by atoms with Crippen molar-refractivity contribution in [2.75, 3.05) is 34.8 Å². The second kappa shape index (κ2) is 7.78. The maximum absolute atomic E-state index is 13.1. The van der Waals surface area contributed by atoms with Gasteiger partial charge in [-0.15, -0.1) is 0 Å². The highest BCUT2D eigenvalue weighted by molar-refractivity contribution is 6.19. The molecule has 1 saturated heterocycles. The molecule has 2 amide bonds. The van der Waals surface area contributed by atoms with Crippen molar-refractivity contribution in [1.82, 2.24) is 0 Å². The van der Waals surface area contributed by atoms with E-state index in [-0.39, 0.29) is 5.91 Å². The maximum atomic E-state index is 13.1. The molecule has 0 aliphatic carbocycles. The van der Waals surface area contributed by atoms with Gasteiger partial charge in [-0.05, 0) is 69.5 Å². The molecule has 0 spiro atoms. The SMILES string of the molecule is CCN1C(=O)C(C)(C(=O)Nc2ccc(N3CCCCC3)cc2)Oc2ccccc21. The zero-order valence-corrected chi connectivity index (χ0v) is 17.0. The quantitative estimate of drug-likeness (QED) is 0.802. The molecule has 6 nitrogen and oxygen atoms in total. The molecule has 4 rings (SSSR count). The Morgan fingerprint density at radius 2 is 1.76 bits per heavy atom. The van der Waals surface area contributed by atoms with Crippen molar-refractivity contribution in [2.45, 2.75) is 38.7 Å². The monoisotopic (exact) mass is 393 g/mol. The van der Waals surface area contributed by atoms with Crippen LogP contribution < -0.4 is 19.9 Å². The largest absolute Gasteiger partial charge is 0.465 e. The Bertz CT molecular complexity index is 906. The van der Waals surface area contributed by atoms with E-state index in [0.717, 1.165) is 18.8 Å². The Hall–Kier alpha value is -3.02. The minimum Gasteiger partial charge on any atom is -0.465 e. The number of hydrogen-bond acceptors (Lipinski definition) is 4. The molecular formula is C23H27N3O3. The summed E-state index contributed by atoms with van der Waals surface area (Å²) in [6.07, 6.45) is 3.71. The lowest BCUT2D eigenvalue weighted by Gasteiger charge is -2.39. The molecule has 2 aromatic rings. The Balaban J connectivity index is 1.52. The first-order valence-corrected chi connectivity index (χ1v) is 10.3. The van der Waals surface area contributed by atoms with Gasteiger partial charge in [0.1, 0.15) is 5.75 Å². The van der Waals surface area contributed by atoms with Gasteiger partial charge in [-0.1, -0.05) is 12.1 Å². The van der Waals surface area contributed by atoms with E-state index in [0.29, 0.717) is 23.7 Å². The van der Waals surface area contributed by atoms with Gasteiger partial charge in [0, 0.05) is 31.0 Å². The highest BCUT2D eigenvalue weighted by Gasteiger charge is 2.50. The van der Waals surface area contributed by atoms with E-state index < -0.39 is 11.5 Å². The molecule has 0 aromatic heterocycles. The highest BCUT2D eigenvalue weighted by Crippen LogP contribution is 2.38. The van der Waals surface area contributed by atoms with Crippen LogP contribution in [0.3, 0.4) is 0 Å². The lowest BCUT2D eigenvalue weighted by atomic mass is 9.99. The Kier molecular flexibility index (Phi) is 5.18. The summed E-state index contributed by atoms with van der Waals surface area (Å²) in [4.78, 5) is 30.1. The zero-order valence-electron chi connectivity index (χ0n) is 17.0. The van der Waals surface area contributed by atoms with E-state index in [1.54, 1.807) is 11.0 Å². The number of anilines is 3. The number of likely N-dealkylation sites (N-methyl/N-ethyl adjacent to an activating group) is 1. The molecule has 6 heteroatoms. The van der Waals surface area contributed by atoms with Crippen molar-refractivity contribution in [3.05, 3.63) is 48.5 Å². The number of fused-ring (bicyclic) bond motifs is 1. The minimum absolute atomic E-state index is 0.360. The third kappa shape index (κ3) is 3.55. The maximum Gasteiger partial charge on any atom is 0.280 e. The van der Waals surface area contributed by atoms with Gasteiger partial charge in [0.2, 0.25) is 0 Å². The third-order valence-electron chi connectivity index (χ3n) is 5.72. The first-order chi connectivity index (χ1) is 14.0. The van der Waals surface area contributed by atoms with E-state index in [9.17, 15) is 9.59 Å². The van der Waals surface area contributed by atoms with Crippen LogP contribution in [0, 0.1) is 0 Å². The van der Waals surface area contributed by atoms with Crippen molar-refractivity contribution in [3.63, 3.8) is 0 Å². The molecule has 1 fully saturated rings. The standard InChI is InChI=1S/C23H27N3O3/c1-3-26-19-9-5-6-10-20(19)29-23(2,22(26)28)21(27)24-17-11-13-18(14-12-17)25-15-7-4-8-16-25/h5-6,9-14H,3-4,7-8,15-16H2,1-2H3,(H,24,27). The third-order valence-corrected chi connectivity index (χ3v) is 5.72. The lowest BCUT2D eigenvalue weighted by molar-refractivity contribution is -0.145. The molecule has 0 saturated carbocycles. The molecule has 2 aliphatic rings. The molecule has 1 atom stereocenters. The summed E-state index contributed by atoms with van der Waals surface area (Å²) in [6.45, 7) is 6.02. The van der Waals surface area contributed by atoms with Gasteiger partial charge in [0.15, 0.2) is 0 Å². The summed E-state index contributed by atoms with van der Waals surface area (Å²) in [6, 6.07) is 15.1. The van der Waals surface area contributed by atoms with Gasteiger partial charge >= 0.3 is 0 Å². The van der Waals surface area contributed by atoms with Crippen LogP contribution in [0.15, 0.2) is 48.5 Å². The van der Waals surface area contributed by atoms with Gasteiger partial charge in [-0.25, -0.2) is 0 Å². The van der Waals surface area contributed by atoms with Crippen LogP contribution in [-0.2, 0) is 9.59 Å². The molecule has 0 radical (unpaired) electrons. The number of hydrogen-bond donors (Lipinski definition) is 1. The predicted molar refractivity (Wildman–Crippen MR) is 115 cm³/mol. The summed E-state index contributed by atoms with van der Waals surface area (Å²) in [7, 11) is 0. The van der Waals surface area contributed by atoms with Crippen molar-refractivity contribution >= 4 is 28.9 Å². The molecule has 1 unspecified atom stereocenters. The molecular weight excluding hydrogens is 366 g/mol. The van der Waals surface area contributed by atoms with Crippen LogP contribution in [0.25, 0.3) is 0 Å². The summed E-state index contributed by atoms with van der Waals surface area (Å²) in [5, 5.41) is 2.86. The number of benzene rings is 2. The zero-order chi connectivity index (χ0) is 20.4. The average Bonchev–Trinajstić information content (AvgIpc) is 2.76. The van der Waals surface area contributed by atoms with Crippen LogP contribution in [0.1, 0.15) is 33.1 Å². The Morgan fingerprint density at radius 3 is 2.45 bits per heavy atom. The topological polar surface area (TPSA) is 61.9 Å². The summed E-state index contributed by atoms with van der Waals surface area (Å²) < 4.78 is 5.91. The van der Waals surface area contributed by atoms with Gasteiger partial charge in [-0.2, -0.15) is 0 Å². The van der Waals surface area contributed by atoms with E-state index in [2.05, 4.69) is 10.2 Å². The van der Waals surface area contributed by atoms with Crippen molar-refractivity contribution in [2.24, 2.45) is 0 Å². The Morgan fingerprint density at radius 1 is 1.07 bits per heavy atom. The molecule has 152 valence electrons. The number of ether oxygens (including phenoxy) is 1. The molecule has 2 heterocycles. The second-order valence-corrected chi connectivity index (χ2v) is 7.70. The predicted octanol–water partition coefficient (Wildman–Crippen LogP) is 3.82. The van der Waals surface area contributed by atoms with Crippen LogP contribution in [0.5, 0.6) is 5.75 Å². The van der Waals surface area contributed by atoms with Crippen LogP contribution in [0.2, 0.25) is 0 Å². The number of amides is 2. The van der Waals surface area contributed by atoms with E-state index in [1.165, 1.54) is 26.2 Å². The van der Waals surface area contributed by atoms with Crippen molar-refractivity contribution in [1.29, 1.82) is 0 Å². The van der Waals surface area contributed by atoms with Crippen LogP contribution in [-0.4, -0.2) is 37.0 Å². The van der Waals surface area contributed by atoms with Gasteiger partial charge in [-0.3, -0.25) is 9.59 Å². The van der Waals surface area contributed by atoms with E-state index in [4.69, 9.17) is 4.74 Å². The molecule has 0 bridgehead atoms. The number of carbonyl (C=O) groups excluding carboxylic acids is 2. The normalized spacial score (nSPS) is 21.4. The Labute approximate surface area is 171 Å². The van der Waals surface area contributed by atoms with Crippen LogP contribution in [0.4, 0.5) is 17.1 Å². The fraction of sp³-hybridized carbons (Fsp3) is 0.391. The molecule has 2 aliphatic heterocycles. The molecule has 29 heavy (non-hydrogen) atoms. The number of nitrogens with one attached hydrogen (secondary N) is 1. The number of nitrogens with zero attached hydrogens (tertiary/aromatic N) is 2.